The van der Waals surface area contributed by atoms with Crippen molar-refractivity contribution in [3.05, 3.63) is 48.7 Å². The summed E-state index contributed by atoms with van der Waals surface area (Å²) in [6, 6.07) is 6.68. The number of benzene rings is 1. The van der Waals surface area contributed by atoms with Gasteiger partial charge in [0.05, 0.1) is 19.8 Å². The minimum Gasteiger partial charge on any atom is -0.379 e. The zero-order chi connectivity index (χ0) is 20.2. The Labute approximate surface area is 166 Å². The molecule has 0 saturated carbocycles. The number of carbonyl (C=O) groups excluding carboxylic acids is 2. The molecule has 0 saturated heterocycles. The van der Waals surface area contributed by atoms with Crippen LogP contribution in [0.5, 0.6) is 0 Å². The number of rotatable bonds is 12. The third-order valence-corrected chi connectivity index (χ3v) is 4.11. The van der Waals surface area contributed by atoms with Gasteiger partial charge in [0.25, 0.3) is 5.91 Å². The highest BCUT2D eigenvalue weighted by Gasteiger charge is 2.20. The third kappa shape index (κ3) is 7.17. The molecular formula is C21H29N3O4. The van der Waals surface area contributed by atoms with Gasteiger partial charge in [0.15, 0.2) is 0 Å². The number of urea groups is 1. The molecule has 3 amide bonds. The molecule has 28 heavy (non-hydrogen) atoms. The molecule has 2 N–H and O–H groups in total. The highest BCUT2D eigenvalue weighted by atomic mass is 16.5. The summed E-state index contributed by atoms with van der Waals surface area (Å²) in [4.78, 5) is 25.2. The van der Waals surface area contributed by atoms with Gasteiger partial charge in [0.2, 0.25) is 0 Å². The van der Waals surface area contributed by atoms with Crippen molar-refractivity contribution in [3.63, 3.8) is 0 Å². The summed E-state index contributed by atoms with van der Waals surface area (Å²) in [5.41, 5.74) is 1.96. The maximum absolute atomic E-state index is 11.9. The fourth-order valence-corrected chi connectivity index (χ4v) is 2.63. The van der Waals surface area contributed by atoms with Gasteiger partial charge >= 0.3 is 6.03 Å². The van der Waals surface area contributed by atoms with Crippen molar-refractivity contribution >= 4 is 23.3 Å². The lowest BCUT2D eigenvalue weighted by molar-refractivity contribution is -0.113. The Morgan fingerprint density at radius 2 is 1.75 bits per heavy atom. The Morgan fingerprint density at radius 3 is 2.39 bits per heavy atom. The van der Waals surface area contributed by atoms with Crippen LogP contribution in [0.2, 0.25) is 0 Å². The first-order valence-electron chi connectivity index (χ1n) is 9.63. The Morgan fingerprint density at radius 1 is 1.04 bits per heavy atom. The molecule has 0 spiro atoms. The molecule has 0 atom stereocenters. The molecule has 2 rings (SSSR count). The second kappa shape index (κ2) is 11.9. The van der Waals surface area contributed by atoms with E-state index in [1.54, 1.807) is 30.3 Å². The summed E-state index contributed by atoms with van der Waals surface area (Å²) in [5.74, 6) is -0.130. The maximum Gasteiger partial charge on any atom is 0.319 e. The summed E-state index contributed by atoms with van der Waals surface area (Å²) in [6.45, 7) is 8.69. The highest BCUT2D eigenvalue weighted by Crippen LogP contribution is 2.25. The van der Waals surface area contributed by atoms with Crippen LogP contribution in [0.4, 0.5) is 16.2 Å². The second-order valence-corrected chi connectivity index (χ2v) is 6.36. The Balaban J connectivity index is 1.58. The fourth-order valence-electron chi connectivity index (χ4n) is 2.63. The van der Waals surface area contributed by atoms with Gasteiger partial charge in [-0.05, 0) is 36.8 Å². The van der Waals surface area contributed by atoms with E-state index in [4.69, 9.17) is 9.47 Å². The molecule has 1 aromatic rings. The molecule has 0 aromatic heterocycles. The zero-order valence-electron chi connectivity index (χ0n) is 16.4. The SMILES string of the molecule is C=C1C=CC(=O)N1c1ccc(NC(=O)NCCOCCOCCCCC)cc1. The number of unbranched alkanes of at least 4 members (excludes halogenated alkanes) is 2. The topological polar surface area (TPSA) is 79.9 Å². The molecule has 0 fully saturated rings. The number of nitrogens with zero attached hydrogens (tertiary/aromatic N) is 1. The predicted octanol–water partition coefficient (Wildman–Crippen LogP) is 3.45. The van der Waals surface area contributed by atoms with Gasteiger partial charge in [0, 0.05) is 36.3 Å². The Kier molecular flexibility index (Phi) is 9.24. The van der Waals surface area contributed by atoms with Crippen LogP contribution >= 0.6 is 0 Å². The quantitative estimate of drug-likeness (QED) is 0.539. The van der Waals surface area contributed by atoms with Gasteiger partial charge in [-0.15, -0.1) is 0 Å². The van der Waals surface area contributed by atoms with Crippen LogP contribution in [-0.4, -0.2) is 44.9 Å². The monoisotopic (exact) mass is 387 g/mol. The van der Waals surface area contributed by atoms with Crippen LogP contribution < -0.4 is 15.5 Å². The van der Waals surface area contributed by atoms with Crippen molar-refractivity contribution in [2.24, 2.45) is 0 Å². The summed E-state index contributed by atoms with van der Waals surface area (Å²) in [5, 5.41) is 5.47. The van der Waals surface area contributed by atoms with Crippen LogP contribution in [0, 0.1) is 0 Å². The summed E-state index contributed by atoms with van der Waals surface area (Å²) >= 11 is 0. The van der Waals surface area contributed by atoms with E-state index in [2.05, 4.69) is 24.1 Å². The molecular weight excluding hydrogens is 358 g/mol. The van der Waals surface area contributed by atoms with Crippen LogP contribution in [0.25, 0.3) is 0 Å². The summed E-state index contributed by atoms with van der Waals surface area (Å²) in [7, 11) is 0. The molecule has 1 aromatic carbocycles. The maximum atomic E-state index is 11.9. The first kappa shape index (κ1) is 21.7. The number of nitrogens with one attached hydrogen (secondary N) is 2. The van der Waals surface area contributed by atoms with Crippen molar-refractivity contribution < 1.29 is 19.1 Å². The molecule has 0 aliphatic carbocycles. The number of allylic oxidation sites excluding steroid dienone is 1. The van der Waals surface area contributed by atoms with Gasteiger partial charge < -0.3 is 20.1 Å². The van der Waals surface area contributed by atoms with E-state index >= 15 is 0 Å². The largest absolute Gasteiger partial charge is 0.379 e. The summed E-state index contributed by atoms with van der Waals surface area (Å²) < 4.78 is 10.9. The number of hydrogen-bond acceptors (Lipinski definition) is 4. The highest BCUT2D eigenvalue weighted by molar-refractivity contribution is 6.08. The smallest absolute Gasteiger partial charge is 0.319 e. The predicted molar refractivity (Wildman–Crippen MR) is 110 cm³/mol. The molecule has 7 nitrogen and oxygen atoms in total. The Bertz CT molecular complexity index is 667. The number of ether oxygens (including phenoxy) is 2. The lowest BCUT2D eigenvalue weighted by atomic mass is 10.2. The van der Waals surface area contributed by atoms with Gasteiger partial charge in [-0.1, -0.05) is 26.3 Å². The first-order valence-corrected chi connectivity index (χ1v) is 9.63. The average molecular weight is 387 g/mol. The Hall–Kier alpha value is -2.64. The molecule has 1 aliphatic rings. The number of anilines is 2. The van der Waals surface area contributed by atoms with E-state index in [0.29, 0.717) is 43.4 Å². The number of hydrogen-bond donors (Lipinski definition) is 2. The third-order valence-electron chi connectivity index (χ3n) is 4.11. The number of amides is 3. The van der Waals surface area contributed by atoms with E-state index in [-0.39, 0.29) is 11.9 Å². The van der Waals surface area contributed by atoms with E-state index < -0.39 is 0 Å². The molecule has 0 radical (unpaired) electrons. The van der Waals surface area contributed by atoms with E-state index in [1.807, 2.05) is 0 Å². The lowest BCUT2D eigenvalue weighted by Crippen LogP contribution is -2.31. The minimum atomic E-state index is -0.310. The van der Waals surface area contributed by atoms with Crippen molar-refractivity contribution in [1.29, 1.82) is 0 Å². The van der Waals surface area contributed by atoms with Gasteiger partial charge in [-0.25, -0.2) is 4.79 Å². The van der Waals surface area contributed by atoms with Crippen molar-refractivity contribution in [3.8, 4) is 0 Å². The minimum absolute atomic E-state index is 0.130. The van der Waals surface area contributed by atoms with Gasteiger partial charge in [-0.3, -0.25) is 9.69 Å². The number of carbonyl (C=O) groups is 2. The van der Waals surface area contributed by atoms with Crippen LogP contribution in [0.1, 0.15) is 26.2 Å². The molecule has 1 aliphatic heterocycles. The van der Waals surface area contributed by atoms with Gasteiger partial charge in [-0.2, -0.15) is 0 Å². The van der Waals surface area contributed by atoms with Crippen LogP contribution in [-0.2, 0) is 14.3 Å². The van der Waals surface area contributed by atoms with Crippen molar-refractivity contribution in [2.75, 3.05) is 43.2 Å². The normalized spacial score (nSPS) is 13.2. The van der Waals surface area contributed by atoms with Crippen molar-refractivity contribution in [1.82, 2.24) is 5.32 Å². The molecule has 7 heteroatoms. The zero-order valence-corrected chi connectivity index (χ0v) is 16.4. The van der Waals surface area contributed by atoms with E-state index in [1.165, 1.54) is 23.8 Å². The molecule has 1 heterocycles. The fraction of sp³-hybridized carbons (Fsp3) is 0.429. The second-order valence-electron chi connectivity index (χ2n) is 6.36. The average Bonchev–Trinajstić information content (AvgIpc) is 3.02. The van der Waals surface area contributed by atoms with Crippen LogP contribution in [0.3, 0.4) is 0 Å². The summed E-state index contributed by atoms with van der Waals surface area (Å²) in [6.07, 6.45) is 6.60. The molecule has 0 bridgehead atoms. The molecule has 152 valence electrons. The van der Waals surface area contributed by atoms with Crippen LogP contribution in [0.15, 0.2) is 48.7 Å². The van der Waals surface area contributed by atoms with Crippen molar-refractivity contribution in [2.45, 2.75) is 26.2 Å². The van der Waals surface area contributed by atoms with E-state index in [0.717, 1.165) is 13.0 Å². The first-order chi connectivity index (χ1) is 13.6. The van der Waals surface area contributed by atoms with Gasteiger partial charge in [0.1, 0.15) is 0 Å². The lowest BCUT2D eigenvalue weighted by Gasteiger charge is -2.17. The standard InChI is InChI=1S/C21H29N3O4/c1-3-4-5-13-27-15-16-28-14-12-22-21(26)23-18-7-9-19(10-8-18)24-17(2)6-11-20(24)25/h6-11H,2-5,12-16H2,1H3,(H2,22,23,26). The molecule has 0 unspecified atom stereocenters. The van der Waals surface area contributed by atoms with E-state index in [9.17, 15) is 9.59 Å².